The topological polar surface area (TPSA) is 68.2 Å². The SMILES string of the molecule is O=S1(=O)C[C@@H]2N=C(SCc3cccc(Cl)c3)N(c3ccc4c(c3)OCO4)[C@H]2C1. The average Bonchev–Trinajstić information content (AvgIpc) is 3.31. The molecule has 2 atom stereocenters. The van der Waals surface area contributed by atoms with Gasteiger partial charge >= 0.3 is 0 Å². The Balaban J connectivity index is 1.45. The molecule has 0 bridgehead atoms. The van der Waals surface area contributed by atoms with Gasteiger partial charge in [0.2, 0.25) is 6.79 Å². The van der Waals surface area contributed by atoms with Gasteiger partial charge in [-0.15, -0.1) is 0 Å². The van der Waals surface area contributed by atoms with Gasteiger partial charge in [0.25, 0.3) is 0 Å². The smallest absolute Gasteiger partial charge is 0.231 e. The van der Waals surface area contributed by atoms with Crippen LogP contribution in [0.5, 0.6) is 11.5 Å². The number of amidine groups is 1. The zero-order valence-corrected chi connectivity index (χ0v) is 17.1. The van der Waals surface area contributed by atoms with E-state index in [4.69, 9.17) is 26.1 Å². The number of rotatable bonds is 3. The van der Waals surface area contributed by atoms with Crippen LogP contribution in [0.25, 0.3) is 0 Å². The number of ether oxygens (including phenoxy) is 2. The molecule has 1 saturated heterocycles. The van der Waals surface area contributed by atoms with Crippen LogP contribution >= 0.6 is 23.4 Å². The molecule has 1 fully saturated rings. The first kappa shape index (κ1) is 18.1. The van der Waals surface area contributed by atoms with E-state index < -0.39 is 9.84 Å². The summed E-state index contributed by atoms with van der Waals surface area (Å²) < 4.78 is 35.2. The highest BCUT2D eigenvalue weighted by molar-refractivity contribution is 8.13. The van der Waals surface area contributed by atoms with Crippen LogP contribution in [0.15, 0.2) is 47.5 Å². The van der Waals surface area contributed by atoms with Gasteiger partial charge < -0.3 is 14.4 Å². The Morgan fingerprint density at radius 2 is 2.00 bits per heavy atom. The highest BCUT2D eigenvalue weighted by Crippen LogP contribution is 2.41. The van der Waals surface area contributed by atoms with E-state index in [0.29, 0.717) is 22.3 Å². The molecule has 2 aromatic rings. The van der Waals surface area contributed by atoms with E-state index in [1.54, 1.807) is 11.8 Å². The minimum Gasteiger partial charge on any atom is -0.454 e. The van der Waals surface area contributed by atoms with Crippen LogP contribution in [-0.4, -0.2) is 44.0 Å². The number of halogens is 1. The van der Waals surface area contributed by atoms with Gasteiger partial charge in [0.15, 0.2) is 26.5 Å². The van der Waals surface area contributed by atoms with Crippen molar-refractivity contribution in [3.8, 4) is 11.5 Å². The minimum absolute atomic E-state index is 0.0972. The predicted molar refractivity (Wildman–Crippen MR) is 111 cm³/mol. The number of anilines is 1. The van der Waals surface area contributed by atoms with E-state index in [9.17, 15) is 8.42 Å². The summed E-state index contributed by atoms with van der Waals surface area (Å²) in [7, 11) is -3.09. The Bertz CT molecular complexity index is 1070. The van der Waals surface area contributed by atoms with Gasteiger partial charge in [-0.2, -0.15) is 0 Å². The lowest BCUT2D eigenvalue weighted by Gasteiger charge is -2.26. The fourth-order valence-corrected chi connectivity index (χ4v) is 6.87. The molecule has 6 nitrogen and oxygen atoms in total. The second kappa shape index (κ2) is 6.86. The minimum atomic E-state index is -3.09. The van der Waals surface area contributed by atoms with Gasteiger partial charge in [-0.1, -0.05) is 35.5 Å². The van der Waals surface area contributed by atoms with Crippen LogP contribution < -0.4 is 14.4 Å². The second-order valence-electron chi connectivity index (χ2n) is 6.95. The van der Waals surface area contributed by atoms with Crippen molar-refractivity contribution in [1.82, 2.24) is 0 Å². The number of sulfone groups is 1. The second-order valence-corrected chi connectivity index (χ2v) is 10.5. The fraction of sp³-hybridized carbons (Fsp3) is 0.316. The van der Waals surface area contributed by atoms with Gasteiger partial charge in [0.1, 0.15) is 0 Å². The van der Waals surface area contributed by atoms with E-state index in [1.807, 2.05) is 47.4 Å². The summed E-state index contributed by atoms with van der Waals surface area (Å²) in [5.74, 6) is 2.27. The van der Waals surface area contributed by atoms with Crippen molar-refractivity contribution >= 4 is 44.1 Å². The van der Waals surface area contributed by atoms with Crippen molar-refractivity contribution in [3.05, 3.63) is 53.1 Å². The Kier molecular flexibility index (Phi) is 4.45. The summed E-state index contributed by atoms with van der Waals surface area (Å²) in [5.41, 5.74) is 1.96. The highest BCUT2D eigenvalue weighted by Gasteiger charge is 2.47. The van der Waals surface area contributed by atoms with Gasteiger partial charge in [-0.25, -0.2) is 8.42 Å². The summed E-state index contributed by atoms with van der Waals surface area (Å²) in [5, 5.41) is 1.52. The Hall–Kier alpha value is -1.90. The molecule has 0 saturated carbocycles. The standard InChI is InChI=1S/C19H17ClN2O4S2/c20-13-3-1-2-12(6-13)8-27-19-21-15-9-28(23,24)10-16(15)22(19)14-4-5-17-18(7-14)26-11-25-17/h1-7,15-16H,8-11H2/t15-,16-/m0/s1. The van der Waals surface area contributed by atoms with Crippen LogP contribution in [0.2, 0.25) is 5.02 Å². The number of hydrogen-bond acceptors (Lipinski definition) is 7. The quantitative estimate of drug-likeness (QED) is 0.735. The summed E-state index contributed by atoms with van der Waals surface area (Å²) >= 11 is 7.68. The lowest BCUT2D eigenvalue weighted by molar-refractivity contribution is 0.174. The van der Waals surface area contributed by atoms with Crippen LogP contribution in [0.1, 0.15) is 5.56 Å². The Labute approximate surface area is 172 Å². The van der Waals surface area contributed by atoms with E-state index >= 15 is 0 Å². The zero-order valence-electron chi connectivity index (χ0n) is 14.7. The predicted octanol–water partition coefficient (Wildman–Crippen LogP) is 3.34. The normalized spacial score (nSPS) is 24.3. The molecule has 0 amide bonds. The third-order valence-corrected chi connectivity index (χ3v) is 7.97. The Morgan fingerprint density at radius 1 is 1.14 bits per heavy atom. The number of benzene rings is 2. The first-order valence-corrected chi connectivity index (χ1v) is 12.0. The van der Waals surface area contributed by atoms with E-state index in [1.165, 1.54) is 0 Å². The zero-order chi connectivity index (χ0) is 19.3. The van der Waals surface area contributed by atoms with Crippen LogP contribution in [0.3, 0.4) is 0 Å². The maximum atomic E-state index is 12.2. The van der Waals surface area contributed by atoms with Gasteiger partial charge in [-0.3, -0.25) is 4.99 Å². The van der Waals surface area contributed by atoms with Gasteiger partial charge in [-0.05, 0) is 29.8 Å². The molecule has 146 valence electrons. The van der Waals surface area contributed by atoms with E-state index in [-0.39, 0.29) is 30.4 Å². The molecule has 9 heteroatoms. The van der Waals surface area contributed by atoms with Gasteiger partial charge in [0, 0.05) is 22.5 Å². The fourth-order valence-electron chi connectivity index (χ4n) is 3.74. The van der Waals surface area contributed by atoms with E-state index in [2.05, 4.69) is 0 Å². The van der Waals surface area contributed by atoms with Crippen LogP contribution in [-0.2, 0) is 15.6 Å². The molecule has 5 rings (SSSR count). The maximum Gasteiger partial charge on any atom is 0.231 e. The Morgan fingerprint density at radius 3 is 2.86 bits per heavy atom. The molecule has 0 aromatic heterocycles. The third-order valence-electron chi connectivity index (χ3n) is 5.00. The summed E-state index contributed by atoms with van der Waals surface area (Å²) in [6, 6.07) is 13.0. The monoisotopic (exact) mass is 436 g/mol. The molecule has 0 radical (unpaired) electrons. The van der Waals surface area contributed by atoms with Crippen LogP contribution in [0.4, 0.5) is 5.69 Å². The molecule has 0 unspecified atom stereocenters. The lowest BCUT2D eigenvalue weighted by atomic mass is 10.1. The number of hydrogen-bond donors (Lipinski definition) is 0. The number of nitrogens with zero attached hydrogens (tertiary/aromatic N) is 2. The van der Waals surface area contributed by atoms with Gasteiger partial charge in [0.05, 0.1) is 23.6 Å². The third kappa shape index (κ3) is 3.33. The maximum absolute atomic E-state index is 12.2. The molecule has 0 aliphatic carbocycles. The molecule has 3 aliphatic rings. The van der Waals surface area contributed by atoms with Crippen molar-refractivity contribution in [2.24, 2.45) is 4.99 Å². The summed E-state index contributed by atoms with van der Waals surface area (Å²) in [4.78, 5) is 6.79. The first-order chi connectivity index (χ1) is 13.5. The molecule has 28 heavy (non-hydrogen) atoms. The number of thioether (sulfide) groups is 1. The van der Waals surface area contributed by atoms with Crippen molar-refractivity contribution < 1.29 is 17.9 Å². The largest absolute Gasteiger partial charge is 0.454 e. The average molecular weight is 437 g/mol. The van der Waals surface area contributed by atoms with Crippen molar-refractivity contribution in [3.63, 3.8) is 0 Å². The molecule has 2 aromatic carbocycles. The van der Waals surface area contributed by atoms with Crippen molar-refractivity contribution in [1.29, 1.82) is 0 Å². The molecule has 0 spiro atoms. The van der Waals surface area contributed by atoms with Crippen LogP contribution in [0, 0.1) is 0 Å². The molecule has 3 heterocycles. The molecular formula is C19H17ClN2O4S2. The molecular weight excluding hydrogens is 420 g/mol. The summed E-state index contributed by atoms with van der Waals surface area (Å²) in [6.45, 7) is 0.198. The van der Waals surface area contributed by atoms with E-state index in [0.717, 1.165) is 16.4 Å². The molecule has 3 aliphatic heterocycles. The summed E-state index contributed by atoms with van der Waals surface area (Å²) in [6.07, 6.45) is 0. The highest BCUT2D eigenvalue weighted by atomic mass is 35.5. The molecule has 0 N–H and O–H groups in total. The van der Waals surface area contributed by atoms with Crippen molar-refractivity contribution in [2.75, 3.05) is 23.2 Å². The first-order valence-electron chi connectivity index (χ1n) is 8.83. The lowest BCUT2D eigenvalue weighted by Crippen LogP contribution is -2.39. The van der Waals surface area contributed by atoms with Crippen molar-refractivity contribution in [2.45, 2.75) is 17.8 Å². The number of aliphatic imine (C=N–C) groups is 1. The number of fused-ring (bicyclic) bond motifs is 2.